The van der Waals surface area contributed by atoms with Crippen molar-refractivity contribution < 1.29 is 5.11 Å². The number of nitrogens with zero attached hydrogens (tertiary/aromatic N) is 3. The van der Waals surface area contributed by atoms with Gasteiger partial charge in [-0.3, -0.25) is 0 Å². The second-order valence-corrected chi connectivity index (χ2v) is 5.75. The molecule has 1 aliphatic rings. The summed E-state index contributed by atoms with van der Waals surface area (Å²) in [4.78, 5) is 11.1. The number of nitrogens with one attached hydrogen (secondary N) is 1. The summed E-state index contributed by atoms with van der Waals surface area (Å²) < 4.78 is 0. The summed E-state index contributed by atoms with van der Waals surface area (Å²) in [6.07, 6.45) is 5.18. The van der Waals surface area contributed by atoms with E-state index in [4.69, 9.17) is 0 Å². The van der Waals surface area contributed by atoms with E-state index in [0.717, 1.165) is 57.0 Å². The van der Waals surface area contributed by atoms with Crippen LogP contribution in [0.3, 0.4) is 0 Å². The van der Waals surface area contributed by atoms with Crippen LogP contribution < -0.4 is 10.2 Å². The van der Waals surface area contributed by atoms with E-state index in [1.54, 1.807) is 6.33 Å². The topological polar surface area (TPSA) is 61.3 Å². The molecular formula is C15H26N4O. The van der Waals surface area contributed by atoms with Gasteiger partial charge >= 0.3 is 0 Å². The third-order valence-corrected chi connectivity index (χ3v) is 3.98. The number of rotatable bonds is 4. The van der Waals surface area contributed by atoms with Gasteiger partial charge in [0.05, 0.1) is 5.60 Å². The molecule has 2 rings (SSSR count). The van der Waals surface area contributed by atoms with Gasteiger partial charge in [-0.05, 0) is 39.5 Å². The molecule has 0 radical (unpaired) electrons. The van der Waals surface area contributed by atoms with Gasteiger partial charge < -0.3 is 15.3 Å². The van der Waals surface area contributed by atoms with Gasteiger partial charge in [0.15, 0.2) is 0 Å². The fourth-order valence-corrected chi connectivity index (χ4v) is 2.80. The average molecular weight is 278 g/mol. The Bertz CT molecular complexity index is 447. The van der Waals surface area contributed by atoms with Gasteiger partial charge in [0, 0.05) is 25.2 Å². The molecule has 1 saturated heterocycles. The van der Waals surface area contributed by atoms with Gasteiger partial charge in [0.1, 0.15) is 18.0 Å². The molecule has 1 atom stereocenters. The lowest BCUT2D eigenvalue weighted by atomic mass is 9.98. The maximum absolute atomic E-state index is 10.2. The first-order valence-electron chi connectivity index (χ1n) is 7.62. The minimum absolute atomic E-state index is 0.543. The third kappa shape index (κ3) is 3.39. The molecule has 0 saturated carbocycles. The molecular weight excluding hydrogens is 252 g/mol. The number of aromatic nitrogens is 2. The van der Waals surface area contributed by atoms with Crippen LogP contribution in [0.5, 0.6) is 0 Å². The number of aliphatic hydroxyl groups is 1. The first kappa shape index (κ1) is 15.0. The Morgan fingerprint density at radius 3 is 2.80 bits per heavy atom. The Hall–Kier alpha value is -1.36. The van der Waals surface area contributed by atoms with Crippen molar-refractivity contribution in [2.75, 3.05) is 29.9 Å². The summed E-state index contributed by atoms with van der Waals surface area (Å²) >= 11 is 0. The minimum Gasteiger partial charge on any atom is -0.390 e. The molecule has 1 aliphatic heterocycles. The molecule has 5 heteroatoms. The Kier molecular flexibility index (Phi) is 4.81. The van der Waals surface area contributed by atoms with Crippen LogP contribution in [0.25, 0.3) is 0 Å². The lowest BCUT2D eigenvalue weighted by Crippen LogP contribution is -2.29. The van der Waals surface area contributed by atoms with Crippen LogP contribution in [0.1, 0.15) is 45.6 Å². The minimum atomic E-state index is -0.543. The molecule has 20 heavy (non-hydrogen) atoms. The van der Waals surface area contributed by atoms with Crippen LogP contribution in [0, 0.1) is 0 Å². The summed E-state index contributed by atoms with van der Waals surface area (Å²) in [5, 5.41) is 13.5. The second-order valence-electron chi connectivity index (χ2n) is 5.75. The first-order valence-corrected chi connectivity index (χ1v) is 7.62. The fourth-order valence-electron chi connectivity index (χ4n) is 2.80. The van der Waals surface area contributed by atoms with Gasteiger partial charge in [0.2, 0.25) is 0 Å². The van der Waals surface area contributed by atoms with Crippen molar-refractivity contribution in [1.29, 1.82) is 0 Å². The Morgan fingerprint density at radius 2 is 2.10 bits per heavy atom. The van der Waals surface area contributed by atoms with Gasteiger partial charge in [0.25, 0.3) is 0 Å². The summed E-state index contributed by atoms with van der Waals surface area (Å²) in [5.41, 5.74) is 0.634. The normalized spacial score (nSPS) is 23.5. The van der Waals surface area contributed by atoms with E-state index in [9.17, 15) is 5.11 Å². The predicted octanol–water partition coefficient (Wildman–Crippen LogP) is 2.21. The molecule has 112 valence electrons. The summed E-state index contributed by atoms with van der Waals surface area (Å²) in [6.45, 7) is 8.80. The van der Waals surface area contributed by atoms with Crippen molar-refractivity contribution in [2.24, 2.45) is 0 Å². The van der Waals surface area contributed by atoms with Crippen molar-refractivity contribution in [3.05, 3.63) is 11.9 Å². The molecule has 0 spiro atoms. The number of hydrogen-bond acceptors (Lipinski definition) is 5. The molecule has 5 nitrogen and oxygen atoms in total. The molecule has 1 fully saturated rings. The Balaban J connectivity index is 2.25. The average Bonchev–Trinajstić information content (AvgIpc) is 2.60. The lowest BCUT2D eigenvalue weighted by Gasteiger charge is -2.25. The van der Waals surface area contributed by atoms with Crippen LogP contribution >= 0.6 is 0 Å². The van der Waals surface area contributed by atoms with Gasteiger partial charge in [-0.2, -0.15) is 0 Å². The van der Waals surface area contributed by atoms with Crippen LogP contribution in [0.15, 0.2) is 6.33 Å². The molecule has 1 aromatic rings. The molecule has 2 N–H and O–H groups in total. The Labute approximate surface area is 121 Å². The molecule has 0 amide bonds. The third-order valence-electron chi connectivity index (χ3n) is 3.98. The molecule has 0 bridgehead atoms. The standard InChI is InChI=1S/C15H26N4O/c1-4-12-13(16-5-2)17-11-18-14(12)19-9-6-7-15(3,20)8-10-19/h11,20H,4-10H2,1-3H3,(H,16,17,18). The van der Waals surface area contributed by atoms with Crippen LogP contribution in [-0.2, 0) is 6.42 Å². The van der Waals surface area contributed by atoms with Crippen molar-refractivity contribution in [1.82, 2.24) is 9.97 Å². The molecule has 0 aromatic carbocycles. The van der Waals surface area contributed by atoms with Crippen molar-refractivity contribution >= 4 is 11.6 Å². The molecule has 2 heterocycles. The van der Waals surface area contributed by atoms with Crippen LogP contribution in [0.4, 0.5) is 11.6 Å². The van der Waals surface area contributed by atoms with E-state index < -0.39 is 5.60 Å². The predicted molar refractivity (Wildman–Crippen MR) is 82.3 cm³/mol. The van der Waals surface area contributed by atoms with Crippen molar-refractivity contribution in [2.45, 2.75) is 52.1 Å². The molecule has 1 unspecified atom stereocenters. The van der Waals surface area contributed by atoms with E-state index >= 15 is 0 Å². The van der Waals surface area contributed by atoms with E-state index in [0.29, 0.717) is 0 Å². The largest absolute Gasteiger partial charge is 0.390 e. The zero-order chi connectivity index (χ0) is 14.6. The quantitative estimate of drug-likeness (QED) is 0.884. The van der Waals surface area contributed by atoms with Gasteiger partial charge in [-0.25, -0.2) is 9.97 Å². The monoisotopic (exact) mass is 278 g/mol. The van der Waals surface area contributed by atoms with E-state index in [1.165, 1.54) is 5.56 Å². The van der Waals surface area contributed by atoms with E-state index in [2.05, 4.69) is 34.0 Å². The van der Waals surface area contributed by atoms with Crippen LogP contribution in [0.2, 0.25) is 0 Å². The zero-order valence-electron chi connectivity index (χ0n) is 12.8. The number of anilines is 2. The lowest BCUT2D eigenvalue weighted by molar-refractivity contribution is 0.0481. The smallest absolute Gasteiger partial charge is 0.137 e. The SMILES string of the molecule is CCNc1ncnc(N2CCCC(C)(O)CC2)c1CC. The van der Waals surface area contributed by atoms with Crippen LogP contribution in [-0.4, -0.2) is 40.3 Å². The van der Waals surface area contributed by atoms with Crippen molar-refractivity contribution in [3.63, 3.8) is 0 Å². The summed E-state index contributed by atoms with van der Waals surface area (Å²) in [5.74, 6) is 1.96. The van der Waals surface area contributed by atoms with Gasteiger partial charge in [-0.1, -0.05) is 6.92 Å². The van der Waals surface area contributed by atoms with E-state index in [1.807, 2.05) is 6.92 Å². The second kappa shape index (κ2) is 6.39. The molecule has 0 aliphatic carbocycles. The maximum Gasteiger partial charge on any atom is 0.137 e. The van der Waals surface area contributed by atoms with Crippen molar-refractivity contribution in [3.8, 4) is 0 Å². The fraction of sp³-hybridized carbons (Fsp3) is 0.733. The summed E-state index contributed by atoms with van der Waals surface area (Å²) in [6, 6.07) is 0. The molecule has 1 aromatic heterocycles. The summed E-state index contributed by atoms with van der Waals surface area (Å²) in [7, 11) is 0. The first-order chi connectivity index (χ1) is 9.57. The highest BCUT2D eigenvalue weighted by atomic mass is 16.3. The van der Waals surface area contributed by atoms with E-state index in [-0.39, 0.29) is 0 Å². The maximum atomic E-state index is 10.2. The highest BCUT2D eigenvalue weighted by molar-refractivity contribution is 5.58. The number of hydrogen-bond donors (Lipinski definition) is 2. The van der Waals surface area contributed by atoms with Gasteiger partial charge in [-0.15, -0.1) is 0 Å². The highest BCUT2D eigenvalue weighted by Gasteiger charge is 2.26. The Morgan fingerprint density at radius 1 is 1.30 bits per heavy atom. The zero-order valence-corrected chi connectivity index (χ0v) is 12.8. The highest BCUT2D eigenvalue weighted by Crippen LogP contribution is 2.28.